The van der Waals surface area contributed by atoms with Crippen molar-refractivity contribution >= 4 is 33.5 Å². The van der Waals surface area contributed by atoms with Crippen molar-refractivity contribution in [1.82, 2.24) is 10.2 Å². The topological polar surface area (TPSA) is 84.1 Å². The second-order valence-electron chi connectivity index (χ2n) is 5.16. The second-order valence-corrected chi connectivity index (χ2v) is 6.08. The Kier molecular flexibility index (Phi) is 5.25. The zero-order valence-corrected chi connectivity index (χ0v) is 14.6. The third kappa shape index (κ3) is 4.54. The minimum Gasteiger partial charge on any atom is -0.451 e. The number of esters is 1. The van der Waals surface area contributed by atoms with Crippen LogP contribution in [0.3, 0.4) is 0 Å². The van der Waals surface area contributed by atoms with Gasteiger partial charge < -0.3 is 10.1 Å². The summed E-state index contributed by atoms with van der Waals surface area (Å²) in [7, 11) is 0. The first-order valence-electron chi connectivity index (χ1n) is 7.45. The first-order valence-corrected chi connectivity index (χ1v) is 8.24. The normalized spacial score (nSPS) is 10.3. The van der Waals surface area contributed by atoms with Crippen molar-refractivity contribution in [3.63, 3.8) is 0 Å². The molecule has 0 saturated heterocycles. The second kappa shape index (κ2) is 7.76. The first-order chi connectivity index (χ1) is 12.1. The van der Waals surface area contributed by atoms with Crippen LogP contribution in [-0.4, -0.2) is 28.7 Å². The number of hydrogen-bond acceptors (Lipinski definition) is 4. The molecule has 0 unspecified atom stereocenters. The predicted molar refractivity (Wildman–Crippen MR) is 97.1 cm³/mol. The molecule has 0 aliphatic heterocycles. The molecule has 6 nitrogen and oxygen atoms in total. The number of nitrogens with zero attached hydrogens (tertiary/aromatic N) is 1. The molecule has 1 aromatic heterocycles. The molecule has 0 atom stereocenters. The third-order valence-electron chi connectivity index (χ3n) is 3.33. The van der Waals surface area contributed by atoms with Crippen molar-refractivity contribution in [1.29, 1.82) is 0 Å². The Morgan fingerprint density at radius 2 is 1.80 bits per heavy atom. The lowest BCUT2D eigenvalue weighted by atomic mass is 10.1. The summed E-state index contributed by atoms with van der Waals surface area (Å²) in [5.74, 6) is -1.06. The van der Waals surface area contributed by atoms with Gasteiger partial charge in [-0.3, -0.25) is 9.89 Å². The lowest BCUT2D eigenvalue weighted by Gasteiger charge is -2.05. The summed E-state index contributed by atoms with van der Waals surface area (Å²) >= 11 is 3.31. The van der Waals surface area contributed by atoms with E-state index in [0.29, 0.717) is 11.4 Å². The molecular weight excluding hydrogens is 386 g/mol. The highest BCUT2D eigenvalue weighted by molar-refractivity contribution is 9.10. The molecular formula is C18H14BrN3O3. The van der Waals surface area contributed by atoms with Gasteiger partial charge in [0.05, 0.1) is 5.69 Å². The van der Waals surface area contributed by atoms with E-state index < -0.39 is 11.9 Å². The summed E-state index contributed by atoms with van der Waals surface area (Å²) in [6, 6.07) is 18.1. The van der Waals surface area contributed by atoms with E-state index in [1.165, 1.54) is 0 Å². The molecule has 1 heterocycles. The molecule has 0 aliphatic carbocycles. The summed E-state index contributed by atoms with van der Waals surface area (Å²) < 4.78 is 5.91. The van der Waals surface area contributed by atoms with Crippen molar-refractivity contribution in [2.75, 3.05) is 11.9 Å². The zero-order chi connectivity index (χ0) is 17.6. The number of hydrogen-bond donors (Lipinski definition) is 2. The number of rotatable bonds is 5. The monoisotopic (exact) mass is 399 g/mol. The van der Waals surface area contributed by atoms with E-state index in [0.717, 1.165) is 10.0 Å². The van der Waals surface area contributed by atoms with Gasteiger partial charge in [-0.25, -0.2) is 4.79 Å². The summed E-state index contributed by atoms with van der Waals surface area (Å²) in [5.41, 5.74) is 2.32. The van der Waals surface area contributed by atoms with Crippen LogP contribution in [0.5, 0.6) is 0 Å². The number of H-pyrrole nitrogens is 1. The number of amides is 1. The Labute approximate surface area is 152 Å². The van der Waals surface area contributed by atoms with Crippen LogP contribution in [-0.2, 0) is 9.53 Å². The summed E-state index contributed by atoms with van der Waals surface area (Å²) in [5, 5.41) is 9.35. The van der Waals surface area contributed by atoms with Crippen LogP contribution in [0, 0.1) is 0 Å². The highest BCUT2D eigenvalue weighted by Crippen LogP contribution is 2.17. The number of carbonyl (C=O) groups is 2. The number of aromatic nitrogens is 2. The van der Waals surface area contributed by atoms with Gasteiger partial charge in [-0.1, -0.05) is 46.3 Å². The molecule has 2 N–H and O–H groups in total. The highest BCUT2D eigenvalue weighted by Gasteiger charge is 2.14. The van der Waals surface area contributed by atoms with E-state index in [2.05, 4.69) is 31.4 Å². The van der Waals surface area contributed by atoms with Crippen LogP contribution in [0.2, 0.25) is 0 Å². The fraction of sp³-hybridized carbons (Fsp3) is 0.0556. The van der Waals surface area contributed by atoms with Gasteiger partial charge in [-0.2, -0.15) is 5.10 Å². The van der Waals surface area contributed by atoms with Gasteiger partial charge in [0.15, 0.2) is 6.61 Å². The predicted octanol–water partition coefficient (Wildman–Crippen LogP) is 3.63. The number of halogens is 1. The van der Waals surface area contributed by atoms with E-state index in [9.17, 15) is 9.59 Å². The molecule has 0 fully saturated rings. The van der Waals surface area contributed by atoms with Gasteiger partial charge in [-0.15, -0.1) is 0 Å². The van der Waals surface area contributed by atoms with Crippen molar-refractivity contribution in [3.05, 3.63) is 70.8 Å². The highest BCUT2D eigenvalue weighted by atomic mass is 79.9. The van der Waals surface area contributed by atoms with E-state index in [1.54, 1.807) is 30.3 Å². The van der Waals surface area contributed by atoms with Gasteiger partial charge in [0.25, 0.3) is 5.91 Å². The van der Waals surface area contributed by atoms with Gasteiger partial charge in [-0.05, 0) is 30.3 Å². The number of nitrogens with one attached hydrogen (secondary N) is 2. The van der Waals surface area contributed by atoms with E-state index >= 15 is 0 Å². The number of carbonyl (C=O) groups excluding carboxylic acids is 2. The fourth-order valence-corrected chi connectivity index (χ4v) is 2.39. The lowest BCUT2D eigenvalue weighted by molar-refractivity contribution is -0.119. The minimum atomic E-state index is -0.638. The third-order valence-corrected chi connectivity index (χ3v) is 3.86. The molecule has 0 radical (unpaired) electrons. The van der Waals surface area contributed by atoms with Crippen LogP contribution in [0.4, 0.5) is 5.69 Å². The number of anilines is 1. The van der Waals surface area contributed by atoms with Crippen molar-refractivity contribution in [2.24, 2.45) is 0 Å². The largest absolute Gasteiger partial charge is 0.451 e. The van der Waals surface area contributed by atoms with Crippen LogP contribution in [0.15, 0.2) is 65.1 Å². The molecule has 2 aromatic carbocycles. The Bertz CT molecular complexity index is 876. The average molecular weight is 400 g/mol. The number of aromatic amines is 1. The molecule has 0 spiro atoms. The zero-order valence-electron chi connectivity index (χ0n) is 13.0. The van der Waals surface area contributed by atoms with E-state index in [1.807, 2.05) is 30.3 Å². The Morgan fingerprint density at radius 1 is 1.08 bits per heavy atom. The first kappa shape index (κ1) is 16.9. The summed E-state index contributed by atoms with van der Waals surface area (Å²) in [4.78, 5) is 23.8. The van der Waals surface area contributed by atoms with Gasteiger partial charge >= 0.3 is 5.97 Å². The fourth-order valence-electron chi connectivity index (χ4n) is 2.12. The maximum Gasteiger partial charge on any atom is 0.356 e. The van der Waals surface area contributed by atoms with Gasteiger partial charge in [0.2, 0.25) is 0 Å². The molecule has 0 bridgehead atoms. The average Bonchev–Trinajstić information content (AvgIpc) is 3.13. The standard InChI is InChI=1S/C18H14BrN3O3/c19-13-6-8-14(9-7-13)20-17(23)11-25-18(24)16-10-15(21-22-16)12-4-2-1-3-5-12/h1-10H,11H2,(H,20,23)(H,21,22). The maximum atomic E-state index is 12.0. The van der Waals surface area contributed by atoms with E-state index in [4.69, 9.17) is 4.74 Å². The molecule has 0 aliphatic rings. The summed E-state index contributed by atoms with van der Waals surface area (Å²) in [6.07, 6.45) is 0. The smallest absolute Gasteiger partial charge is 0.356 e. The number of ether oxygens (including phenoxy) is 1. The Balaban J connectivity index is 1.55. The van der Waals surface area contributed by atoms with Crippen LogP contribution in [0.25, 0.3) is 11.3 Å². The van der Waals surface area contributed by atoms with Crippen LogP contribution < -0.4 is 5.32 Å². The van der Waals surface area contributed by atoms with Crippen molar-refractivity contribution < 1.29 is 14.3 Å². The Hall–Kier alpha value is -2.93. The van der Waals surface area contributed by atoms with Crippen molar-refractivity contribution in [2.45, 2.75) is 0 Å². The van der Waals surface area contributed by atoms with Crippen LogP contribution in [0.1, 0.15) is 10.5 Å². The SMILES string of the molecule is O=C(COC(=O)c1cc(-c2ccccc2)n[nH]1)Nc1ccc(Br)cc1. The number of benzene rings is 2. The quantitative estimate of drug-likeness (QED) is 0.641. The molecule has 7 heteroatoms. The molecule has 3 rings (SSSR count). The molecule has 3 aromatic rings. The molecule has 25 heavy (non-hydrogen) atoms. The minimum absolute atomic E-state index is 0.190. The van der Waals surface area contributed by atoms with Crippen molar-refractivity contribution in [3.8, 4) is 11.3 Å². The van der Waals surface area contributed by atoms with Gasteiger partial charge in [0, 0.05) is 15.7 Å². The van der Waals surface area contributed by atoms with E-state index in [-0.39, 0.29) is 12.3 Å². The molecule has 1 amide bonds. The Morgan fingerprint density at radius 3 is 2.52 bits per heavy atom. The maximum absolute atomic E-state index is 12.0. The molecule has 0 saturated carbocycles. The summed E-state index contributed by atoms with van der Waals surface area (Å²) in [6.45, 7) is -0.380. The molecule has 126 valence electrons. The lowest BCUT2D eigenvalue weighted by Crippen LogP contribution is -2.21. The van der Waals surface area contributed by atoms with Crippen LogP contribution >= 0.6 is 15.9 Å². The van der Waals surface area contributed by atoms with Gasteiger partial charge in [0.1, 0.15) is 5.69 Å².